The lowest BCUT2D eigenvalue weighted by Crippen LogP contribution is -2.51. The van der Waals surface area contributed by atoms with E-state index in [0.717, 1.165) is 21.9 Å². The second-order valence-corrected chi connectivity index (χ2v) is 9.60. The zero-order chi connectivity index (χ0) is 21.8. The van der Waals surface area contributed by atoms with Crippen LogP contribution < -0.4 is 9.03 Å². The molecule has 0 spiro atoms. The van der Waals surface area contributed by atoms with Gasteiger partial charge in [-0.1, -0.05) is 30.3 Å². The number of carbonyl (C=O) groups is 2. The normalized spacial score (nSPS) is 12.7. The third-order valence-corrected chi connectivity index (χ3v) is 6.10. The van der Waals surface area contributed by atoms with Crippen molar-refractivity contribution in [1.82, 2.24) is 4.72 Å². The van der Waals surface area contributed by atoms with Gasteiger partial charge in [-0.15, -0.1) is 11.3 Å². The molecule has 0 saturated carbocycles. The molecule has 0 aliphatic carbocycles. The third-order valence-electron chi connectivity index (χ3n) is 3.66. The van der Waals surface area contributed by atoms with Gasteiger partial charge >= 0.3 is 22.3 Å². The van der Waals surface area contributed by atoms with E-state index < -0.39 is 33.9 Å². The predicted molar refractivity (Wildman–Crippen MR) is 112 cm³/mol. The number of hydrogen-bond donors (Lipinski definition) is 1. The van der Waals surface area contributed by atoms with Crippen molar-refractivity contribution in [2.24, 2.45) is 0 Å². The molecule has 10 heteroatoms. The van der Waals surface area contributed by atoms with Gasteiger partial charge in [0, 0.05) is 10.3 Å². The number of carbonyl (C=O) groups excluding carboxylic acids is 2. The van der Waals surface area contributed by atoms with Crippen LogP contribution in [-0.2, 0) is 24.5 Å². The summed E-state index contributed by atoms with van der Waals surface area (Å²) in [5, 5.41) is 1.59. The Kier molecular flexibility index (Phi) is 6.91. The van der Waals surface area contributed by atoms with Crippen LogP contribution in [0.2, 0.25) is 0 Å². The van der Waals surface area contributed by atoms with Gasteiger partial charge in [-0.05, 0) is 39.3 Å². The molecule has 158 valence electrons. The van der Waals surface area contributed by atoms with E-state index in [2.05, 4.69) is 0 Å². The van der Waals surface area contributed by atoms with Crippen LogP contribution in [-0.4, -0.2) is 39.2 Å². The molecule has 8 nitrogen and oxygen atoms in total. The van der Waals surface area contributed by atoms with E-state index in [0.29, 0.717) is 0 Å². The molecule has 1 atom stereocenters. The molecule has 29 heavy (non-hydrogen) atoms. The molecule has 0 radical (unpaired) electrons. The van der Waals surface area contributed by atoms with Gasteiger partial charge in [0.1, 0.15) is 11.6 Å². The van der Waals surface area contributed by atoms with Gasteiger partial charge in [-0.2, -0.15) is 8.42 Å². The van der Waals surface area contributed by atoms with E-state index in [1.807, 2.05) is 35.1 Å². The monoisotopic (exact) mass is 440 g/mol. The molecule has 0 bridgehead atoms. The Balaban J connectivity index is 2.41. The Bertz CT molecular complexity index is 964. The molecular weight excluding hydrogens is 416 g/mol. The standard InChI is InChI=1S/C19H24N2O6S2/c1-13(17(22)26-5)21(29(24,25)20-18(23)27-19(2,3)4)15-11-16(28-12-15)14-9-7-6-8-10-14/h6-13H,1-5H3,(H,20,23). The molecule has 0 aliphatic rings. The molecule has 1 unspecified atom stereocenters. The van der Waals surface area contributed by atoms with Crippen molar-refractivity contribution in [2.75, 3.05) is 11.4 Å². The summed E-state index contributed by atoms with van der Waals surface area (Å²) >= 11 is 1.31. The zero-order valence-electron chi connectivity index (χ0n) is 16.8. The van der Waals surface area contributed by atoms with Crippen LogP contribution >= 0.6 is 11.3 Å². The van der Waals surface area contributed by atoms with Gasteiger partial charge in [0.25, 0.3) is 0 Å². The van der Waals surface area contributed by atoms with Gasteiger partial charge in [-0.3, -0.25) is 0 Å². The topological polar surface area (TPSA) is 102 Å². The number of esters is 1. The molecule has 1 aromatic heterocycles. The number of methoxy groups -OCH3 is 1. The molecule has 0 fully saturated rings. The first kappa shape index (κ1) is 22.7. The Morgan fingerprint density at radius 1 is 1.17 bits per heavy atom. The maximum Gasteiger partial charge on any atom is 0.422 e. The number of ether oxygens (including phenoxy) is 2. The summed E-state index contributed by atoms with van der Waals surface area (Å²) in [4.78, 5) is 24.9. The summed E-state index contributed by atoms with van der Waals surface area (Å²) in [5.41, 5.74) is 0.232. The molecule has 0 saturated heterocycles. The van der Waals surface area contributed by atoms with Crippen LogP contribution in [0.5, 0.6) is 0 Å². The molecule has 2 aromatic rings. The fourth-order valence-electron chi connectivity index (χ4n) is 2.49. The van der Waals surface area contributed by atoms with Crippen molar-refractivity contribution < 1.29 is 27.5 Å². The van der Waals surface area contributed by atoms with Crippen LogP contribution in [0.4, 0.5) is 10.5 Å². The smallest absolute Gasteiger partial charge is 0.422 e. The number of rotatable bonds is 6. The minimum atomic E-state index is -4.46. The minimum absolute atomic E-state index is 0.225. The summed E-state index contributed by atoms with van der Waals surface area (Å²) in [7, 11) is -3.29. The number of hydrogen-bond acceptors (Lipinski definition) is 7. The highest BCUT2D eigenvalue weighted by atomic mass is 32.2. The molecule has 0 aliphatic heterocycles. The maximum atomic E-state index is 12.9. The zero-order valence-corrected chi connectivity index (χ0v) is 18.5. The van der Waals surface area contributed by atoms with Crippen LogP contribution in [0.25, 0.3) is 10.4 Å². The second kappa shape index (κ2) is 8.83. The second-order valence-electron chi connectivity index (χ2n) is 7.14. The molecule has 1 N–H and O–H groups in total. The quantitative estimate of drug-likeness (QED) is 0.689. The summed E-state index contributed by atoms with van der Waals surface area (Å²) in [5.74, 6) is -0.771. The summed E-state index contributed by atoms with van der Waals surface area (Å²) in [6.45, 7) is 6.21. The van der Waals surface area contributed by atoms with Crippen molar-refractivity contribution in [3.05, 3.63) is 41.8 Å². The fraction of sp³-hybridized carbons (Fsp3) is 0.368. The van der Waals surface area contributed by atoms with Crippen molar-refractivity contribution in [3.63, 3.8) is 0 Å². The predicted octanol–water partition coefficient (Wildman–Crippen LogP) is 3.55. The minimum Gasteiger partial charge on any atom is -0.467 e. The Labute approximate surface area is 174 Å². The van der Waals surface area contributed by atoms with Crippen molar-refractivity contribution >= 4 is 39.3 Å². The molecule has 1 heterocycles. The molecule has 2 rings (SSSR count). The van der Waals surface area contributed by atoms with E-state index in [1.54, 1.807) is 32.2 Å². The number of nitrogens with zero attached hydrogens (tertiary/aromatic N) is 1. The fourth-order valence-corrected chi connectivity index (χ4v) is 4.68. The Morgan fingerprint density at radius 3 is 2.34 bits per heavy atom. The summed E-state index contributed by atoms with van der Waals surface area (Å²) in [6, 6.07) is 9.80. The van der Waals surface area contributed by atoms with Gasteiger partial charge in [0.2, 0.25) is 0 Å². The summed E-state index contributed by atoms with van der Waals surface area (Å²) < 4.78 is 38.3. The third kappa shape index (κ3) is 5.94. The van der Waals surface area contributed by atoms with Crippen molar-refractivity contribution in [3.8, 4) is 10.4 Å². The van der Waals surface area contributed by atoms with Crippen molar-refractivity contribution in [1.29, 1.82) is 0 Å². The molecule has 1 amide bonds. The van der Waals surface area contributed by atoms with E-state index in [1.165, 1.54) is 18.3 Å². The number of thiophene rings is 1. The van der Waals surface area contributed by atoms with Gasteiger partial charge < -0.3 is 9.47 Å². The highest BCUT2D eigenvalue weighted by Crippen LogP contribution is 2.33. The Hall–Kier alpha value is -2.59. The van der Waals surface area contributed by atoms with E-state index in [4.69, 9.17) is 9.47 Å². The number of anilines is 1. The van der Waals surface area contributed by atoms with Gasteiger partial charge in [0.05, 0.1) is 12.8 Å². The van der Waals surface area contributed by atoms with E-state index in [-0.39, 0.29) is 5.69 Å². The Morgan fingerprint density at radius 2 is 1.79 bits per heavy atom. The molecule has 1 aromatic carbocycles. The van der Waals surface area contributed by atoms with E-state index >= 15 is 0 Å². The van der Waals surface area contributed by atoms with Gasteiger partial charge in [-0.25, -0.2) is 18.6 Å². The van der Waals surface area contributed by atoms with E-state index in [9.17, 15) is 18.0 Å². The SMILES string of the molecule is COC(=O)C(C)N(c1csc(-c2ccccc2)c1)S(=O)(=O)NC(=O)OC(C)(C)C. The number of amides is 1. The van der Waals surface area contributed by atoms with Crippen LogP contribution in [0.1, 0.15) is 27.7 Å². The number of benzene rings is 1. The average molecular weight is 441 g/mol. The lowest BCUT2D eigenvalue weighted by Gasteiger charge is -2.28. The van der Waals surface area contributed by atoms with Crippen LogP contribution in [0, 0.1) is 0 Å². The first-order valence-electron chi connectivity index (χ1n) is 8.71. The maximum absolute atomic E-state index is 12.9. The average Bonchev–Trinajstić information content (AvgIpc) is 3.08. The lowest BCUT2D eigenvalue weighted by molar-refractivity contribution is -0.141. The summed E-state index contributed by atoms with van der Waals surface area (Å²) in [6.07, 6.45) is -1.14. The largest absolute Gasteiger partial charge is 0.467 e. The molecular formula is C19H24N2O6S2. The highest BCUT2D eigenvalue weighted by Gasteiger charge is 2.35. The van der Waals surface area contributed by atoms with Crippen LogP contribution in [0.15, 0.2) is 41.8 Å². The van der Waals surface area contributed by atoms with Crippen LogP contribution in [0.3, 0.4) is 0 Å². The van der Waals surface area contributed by atoms with Gasteiger partial charge in [0.15, 0.2) is 0 Å². The van der Waals surface area contributed by atoms with Crippen molar-refractivity contribution in [2.45, 2.75) is 39.3 Å². The lowest BCUT2D eigenvalue weighted by atomic mass is 10.2. The first-order chi connectivity index (χ1) is 13.4. The number of nitrogens with one attached hydrogen (secondary N) is 1. The first-order valence-corrected chi connectivity index (χ1v) is 11.0. The highest BCUT2D eigenvalue weighted by molar-refractivity contribution is 7.91.